The number of rotatable bonds is 10. The third-order valence-corrected chi connectivity index (χ3v) is 10.3. The minimum Gasteiger partial charge on any atom is -0.325 e. The standard InChI is InChI=1S/C33H39N3OS/c1-25-34-32-16-8-9-17-33(32)36(25)30-23-28-18-19-29(24-30)35(28)21-20-27(26-11-4-2-5-12-26)13-10-22-38(37)31-14-6-3-7-15-31/h2-9,11-12,14-17,27-30H,10,13,18-24H2,1H3/t27?,28-,29?,30?,38?/m0/s1. The molecule has 2 fully saturated rings. The highest BCUT2D eigenvalue weighted by Crippen LogP contribution is 2.43. The van der Waals surface area contributed by atoms with Gasteiger partial charge in [0.25, 0.3) is 0 Å². The maximum atomic E-state index is 12.8. The molecule has 1 aromatic heterocycles. The Balaban J connectivity index is 1.10. The minimum atomic E-state index is -0.915. The highest BCUT2D eigenvalue weighted by Gasteiger charge is 2.41. The molecule has 5 heteroatoms. The van der Waals surface area contributed by atoms with Gasteiger partial charge in [-0.05, 0) is 94.2 Å². The fourth-order valence-corrected chi connectivity index (χ4v) is 8.23. The van der Waals surface area contributed by atoms with Gasteiger partial charge in [0.1, 0.15) is 5.82 Å². The Morgan fingerprint density at radius 1 is 0.842 bits per heavy atom. The Kier molecular flexibility index (Phi) is 7.75. The molecule has 0 spiro atoms. The number of piperidine rings is 1. The maximum absolute atomic E-state index is 12.8. The summed E-state index contributed by atoms with van der Waals surface area (Å²) in [6, 6.07) is 31.4. The number of imidazole rings is 1. The first-order valence-corrected chi connectivity index (χ1v) is 15.7. The topological polar surface area (TPSA) is 38.1 Å². The smallest absolute Gasteiger partial charge is 0.106 e. The predicted octanol–water partition coefficient (Wildman–Crippen LogP) is 7.27. The van der Waals surface area contributed by atoms with E-state index in [9.17, 15) is 4.21 Å². The monoisotopic (exact) mass is 525 g/mol. The van der Waals surface area contributed by atoms with E-state index >= 15 is 0 Å². The van der Waals surface area contributed by atoms with Crippen LogP contribution in [0.5, 0.6) is 0 Å². The van der Waals surface area contributed by atoms with Crippen molar-refractivity contribution in [2.45, 2.75) is 80.8 Å². The van der Waals surface area contributed by atoms with Crippen LogP contribution in [0, 0.1) is 6.92 Å². The molecule has 2 bridgehead atoms. The zero-order valence-corrected chi connectivity index (χ0v) is 23.2. The molecule has 38 heavy (non-hydrogen) atoms. The van der Waals surface area contributed by atoms with Crippen LogP contribution in [0.2, 0.25) is 0 Å². The molecule has 2 aliphatic rings. The van der Waals surface area contributed by atoms with Gasteiger partial charge in [-0.25, -0.2) is 4.98 Å². The Labute approximate surface area is 229 Å². The number of para-hydroxylation sites is 2. The van der Waals surface area contributed by atoms with Gasteiger partial charge >= 0.3 is 0 Å². The van der Waals surface area contributed by atoms with Crippen molar-refractivity contribution in [1.82, 2.24) is 14.5 Å². The minimum absolute atomic E-state index is 0.515. The molecule has 2 aliphatic heterocycles. The van der Waals surface area contributed by atoms with Crippen molar-refractivity contribution in [3.05, 3.63) is 96.3 Å². The number of aromatic nitrogens is 2. The number of hydrogen-bond donors (Lipinski definition) is 0. The molecule has 198 valence electrons. The van der Waals surface area contributed by atoms with Crippen LogP contribution in [0.3, 0.4) is 0 Å². The normalized spacial score (nSPS) is 23.0. The van der Waals surface area contributed by atoms with Crippen LogP contribution in [0.4, 0.5) is 0 Å². The summed E-state index contributed by atoms with van der Waals surface area (Å²) in [5.41, 5.74) is 3.85. The van der Waals surface area contributed by atoms with E-state index < -0.39 is 10.8 Å². The molecular formula is C33H39N3OS. The van der Waals surface area contributed by atoms with Crippen molar-refractivity contribution >= 4 is 21.8 Å². The van der Waals surface area contributed by atoms with Gasteiger partial charge in [0.15, 0.2) is 0 Å². The van der Waals surface area contributed by atoms with Crippen molar-refractivity contribution in [2.24, 2.45) is 0 Å². The van der Waals surface area contributed by atoms with Crippen molar-refractivity contribution in [3.63, 3.8) is 0 Å². The van der Waals surface area contributed by atoms with E-state index in [1.54, 1.807) is 0 Å². The molecule has 0 amide bonds. The molecule has 6 rings (SSSR count). The molecule has 3 aromatic carbocycles. The number of nitrogens with zero attached hydrogens (tertiary/aromatic N) is 3. The lowest BCUT2D eigenvalue weighted by Gasteiger charge is -2.40. The fourth-order valence-electron chi connectivity index (χ4n) is 7.11. The Morgan fingerprint density at radius 3 is 2.24 bits per heavy atom. The van der Waals surface area contributed by atoms with E-state index in [2.05, 4.69) is 71.0 Å². The molecule has 0 radical (unpaired) electrons. The van der Waals surface area contributed by atoms with E-state index in [1.165, 1.54) is 43.2 Å². The highest BCUT2D eigenvalue weighted by molar-refractivity contribution is 7.85. The summed E-state index contributed by atoms with van der Waals surface area (Å²) in [7, 11) is -0.915. The lowest BCUT2D eigenvalue weighted by molar-refractivity contribution is 0.103. The first kappa shape index (κ1) is 25.5. The first-order chi connectivity index (χ1) is 18.7. The van der Waals surface area contributed by atoms with Gasteiger partial charge in [-0.1, -0.05) is 60.7 Å². The van der Waals surface area contributed by atoms with Crippen LogP contribution in [-0.4, -0.2) is 43.0 Å². The second-order valence-electron chi connectivity index (χ2n) is 11.2. The molecule has 4 nitrogen and oxygen atoms in total. The van der Waals surface area contributed by atoms with E-state index in [4.69, 9.17) is 4.98 Å². The molecule has 5 atom stereocenters. The number of benzene rings is 3. The van der Waals surface area contributed by atoms with Crippen molar-refractivity contribution < 1.29 is 4.21 Å². The lowest BCUT2D eigenvalue weighted by Crippen LogP contribution is -2.44. The summed E-state index contributed by atoms with van der Waals surface area (Å²) in [6.45, 7) is 3.33. The second-order valence-corrected chi connectivity index (χ2v) is 12.7. The van der Waals surface area contributed by atoms with Gasteiger partial charge in [-0.3, -0.25) is 9.11 Å². The van der Waals surface area contributed by atoms with E-state index in [0.29, 0.717) is 24.0 Å². The highest BCUT2D eigenvalue weighted by atomic mass is 32.2. The zero-order valence-electron chi connectivity index (χ0n) is 22.4. The van der Waals surface area contributed by atoms with Crippen LogP contribution in [0.25, 0.3) is 11.0 Å². The van der Waals surface area contributed by atoms with Crippen molar-refractivity contribution in [3.8, 4) is 0 Å². The summed E-state index contributed by atoms with van der Waals surface area (Å²) in [5, 5.41) is 0. The third kappa shape index (κ3) is 5.37. The molecule has 0 N–H and O–H groups in total. The molecular weight excluding hydrogens is 486 g/mol. The van der Waals surface area contributed by atoms with Crippen LogP contribution in [0.15, 0.2) is 89.8 Å². The van der Waals surface area contributed by atoms with E-state index in [1.807, 2.05) is 30.3 Å². The molecule has 4 aromatic rings. The van der Waals surface area contributed by atoms with Gasteiger partial charge < -0.3 is 4.57 Å². The fraction of sp³-hybridized carbons (Fsp3) is 0.424. The zero-order chi connectivity index (χ0) is 25.9. The van der Waals surface area contributed by atoms with Crippen LogP contribution < -0.4 is 0 Å². The summed E-state index contributed by atoms with van der Waals surface area (Å²) in [5.74, 6) is 2.41. The number of aryl methyl sites for hydroxylation is 1. The molecule has 3 heterocycles. The number of hydrogen-bond acceptors (Lipinski definition) is 3. The van der Waals surface area contributed by atoms with Crippen LogP contribution >= 0.6 is 0 Å². The molecule has 0 aliphatic carbocycles. The van der Waals surface area contributed by atoms with Gasteiger partial charge in [0.2, 0.25) is 0 Å². The summed E-state index contributed by atoms with van der Waals surface area (Å²) in [6.07, 6.45) is 8.34. The molecule has 4 unspecified atom stereocenters. The Morgan fingerprint density at radius 2 is 1.50 bits per heavy atom. The van der Waals surface area contributed by atoms with Gasteiger partial charge in [-0.15, -0.1) is 0 Å². The number of fused-ring (bicyclic) bond motifs is 3. The molecule has 2 saturated heterocycles. The Bertz CT molecular complexity index is 1360. The summed E-state index contributed by atoms with van der Waals surface area (Å²) < 4.78 is 15.3. The van der Waals surface area contributed by atoms with E-state index in [0.717, 1.165) is 41.4 Å². The van der Waals surface area contributed by atoms with Gasteiger partial charge in [-0.2, -0.15) is 0 Å². The first-order valence-electron chi connectivity index (χ1n) is 14.3. The largest absolute Gasteiger partial charge is 0.325 e. The second kappa shape index (κ2) is 11.5. The SMILES string of the molecule is Cc1nc2ccccc2n1C1CC2CC[C@@H](C1)N2CCC(CCCS(=O)c1ccccc1)c1ccccc1. The van der Waals surface area contributed by atoms with E-state index in [-0.39, 0.29) is 0 Å². The van der Waals surface area contributed by atoms with Crippen LogP contribution in [-0.2, 0) is 10.8 Å². The lowest BCUT2D eigenvalue weighted by atomic mass is 9.90. The van der Waals surface area contributed by atoms with Crippen molar-refractivity contribution in [2.75, 3.05) is 12.3 Å². The van der Waals surface area contributed by atoms with Crippen molar-refractivity contribution in [1.29, 1.82) is 0 Å². The third-order valence-electron chi connectivity index (χ3n) is 8.89. The molecule has 0 saturated carbocycles. The Hall–Kier alpha value is -2.76. The summed E-state index contributed by atoms with van der Waals surface area (Å²) in [4.78, 5) is 8.64. The summed E-state index contributed by atoms with van der Waals surface area (Å²) >= 11 is 0. The maximum Gasteiger partial charge on any atom is 0.106 e. The average Bonchev–Trinajstić information content (AvgIpc) is 3.41. The van der Waals surface area contributed by atoms with Gasteiger partial charge in [0, 0.05) is 28.8 Å². The van der Waals surface area contributed by atoms with Crippen LogP contribution in [0.1, 0.15) is 68.3 Å². The predicted molar refractivity (Wildman–Crippen MR) is 157 cm³/mol. The quantitative estimate of drug-likeness (QED) is 0.218. The average molecular weight is 526 g/mol. The van der Waals surface area contributed by atoms with Gasteiger partial charge in [0.05, 0.1) is 21.8 Å².